The van der Waals surface area contributed by atoms with Crippen molar-refractivity contribution in [2.24, 2.45) is 0 Å². The van der Waals surface area contributed by atoms with Gasteiger partial charge in [-0.3, -0.25) is 0 Å². The lowest BCUT2D eigenvalue weighted by atomic mass is 10.1. The number of nitrogens with zero attached hydrogens (tertiary/aromatic N) is 1. The van der Waals surface area contributed by atoms with Gasteiger partial charge in [-0.25, -0.2) is 0 Å². The molecule has 0 spiro atoms. The van der Waals surface area contributed by atoms with Crippen LogP contribution in [0.4, 0.5) is 0 Å². The minimum absolute atomic E-state index is 0.561. The summed E-state index contributed by atoms with van der Waals surface area (Å²) in [4.78, 5) is 3.30. The highest BCUT2D eigenvalue weighted by Gasteiger charge is 2.20. The molecule has 2 saturated heterocycles. The van der Waals surface area contributed by atoms with Crippen LogP contribution in [0, 0.1) is 0 Å². The van der Waals surface area contributed by atoms with Gasteiger partial charge < -0.3 is 9.64 Å². The lowest BCUT2D eigenvalue weighted by Gasteiger charge is -2.30. The second kappa shape index (κ2) is 5.47. The van der Waals surface area contributed by atoms with Crippen LogP contribution in [0.25, 0.3) is 0 Å². The molecule has 0 N–H and O–H groups in total. The fourth-order valence-corrected chi connectivity index (χ4v) is 3.13. The molecule has 14 heavy (non-hydrogen) atoms. The molecule has 0 amide bonds. The van der Waals surface area contributed by atoms with E-state index in [0.717, 1.165) is 11.4 Å². The highest BCUT2D eigenvalue weighted by molar-refractivity contribution is 9.09. The Balaban J connectivity index is 1.64. The molecule has 2 unspecified atom stereocenters. The van der Waals surface area contributed by atoms with Crippen molar-refractivity contribution >= 4 is 15.9 Å². The summed E-state index contributed by atoms with van der Waals surface area (Å²) in [6.07, 6.45) is 7.04. The van der Waals surface area contributed by atoms with Crippen LogP contribution >= 0.6 is 15.9 Å². The third-order valence-corrected chi connectivity index (χ3v) is 3.99. The predicted molar refractivity (Wildman–Crippen MR) is 62.0 cm³/mol. The second-order valence-corrected chi connectivity index (χ2v) is 5.76. The number of rotatable bonds is 3. The van der Waals surface area contributed by atoms with Gasteiger partial charge in [-0.2, -0.15) is 0 Å². The highest BCUT2D eigenvalue weighted by atomic mass is 79.9. The van der Waals surface area contributed by atoms with E-state index >= 15 is 0 Å². The first kappa shape index (κ1) is 10.9. The van der Waals surface area contributed by atoms with Crippen LogP contribution in [-0.4, -0.2) is 42.1 Å². The molecule has 2 heterocycles. The van der Waals surface area contributed by atoms with E-state index in [0.29, 0.717) is 6.10 Å². The highest BCUT2D eigenvalue weighted by Crippen LogP contribution is 2.19. The Labute approximate surface area is 95.1 Å². The maximum absolute atomic E-state index is 5.63. The van der Waals surface area contributed by atoms with Crippen LogP contribution in [0.2, 0.25) is 0 Å². The zero-order valence-corrected chi connectivity index (χ0v) is 10.3. The first-order chi connectivity index (χ1) is 6.84. The van der Waals surface area contributed by atoms with E-state index in [1.165, 1.54) is 51.7 Å². The standard InChI is InChI=1S/C11H20BrNO/c12-10-3-1-6-13(9-10)7-5-11-4-2-8-14-11/h10-11H,1-9H2. The van der Waals surface area contributed by atoms with Gasteiger partial charge in [0.25, 0.3) is 0 Å². The van der Waals surface area contributed by atoms with Gasteiger partial charge in [0.1, 0.15) is 0 Å². The van der Waals surface area contributed by atoms with Crippen LogP contribution in [0.1, 0.15) is 32.1 Å². The molecular weight excluding hydrogens is 242 g/mol. The molecule has 0 bridgehead atoms. The van der Waals surface area contributed by atoms with Crippen molar-refractivity contribution in [2.75, 3.05) is 26.2 Å². The third kappa shape index (κ3) is 3.21. The van der Waals surface area contributed by atoms with Gasteiger partial charge in [-0.05, 0) is 38.6 Å². The molecule has 2 rings (SSSR count). The fraction of sp³-hybridized carbons (Fsp3) is 1.00. The Morgan fingerprint density at radius 3 is 2.93 bits per heavy atom. The van der Waals surface area contributed by atoms with Crippen LogP contribution in [0.3, 0.4) is 0 Å². The average Bonchev–Trinajstić information content (AvgIpc) is 2.67. The van der Waals surface area contributed by atoms with Crippen LogP contribution in [-0.2, 0) is 4.74 Å². The number of ether oxygens (including phenoxy) is 1. The third-order valence-electron chi connectivity index (χ3n) is 3.24. The van der Waals surface area contributed by atoms with E-state index in [-0.39, 0.29) is 0 Å². The van der Waals surface area contributed by atoms with Gasteiger partial charge in [0, 0.05) is 24.5 Å². The Bertz CT molecular complexity index is 171. The normalized spacial score (nSPS) is 34.9. The quantitative estimate of drug-likeness (QED) is 0.724. The van der Waals surface area contributed by atoms with E-state index in [1.807, 2.05) is 0 Å². The zero-order valence-electron chi connectivity index (χ0n) is 8.75. The summed E-state index contributed by atoms with van der Waals surface area (Å²) >= 11 is 3.71. The van der Waals surface area contributed by atoms with Crippen molar-refractivity contribution in [3.05, 3.63) is 0 Å². The first-order valence-electron chi connectivity index (χ1n) is 5.82. The molecule has 2 aliphatic heterocycles. The molecule has 0 saturated carbocycles. The van der Waals surface area contributed by atoms with Crippen LogP contribution in [0.15, 0.2) is 0 Å². The van der Waals surface area contributed by atoms with Crippen molar-refractivity contribution < 1.29 is 4.74 Å². The van der Waals surface area contributed by atoms with Crippen molar-refractivity contribution in [3.63, 3.8) is 0 Å². The van der Waals surface area contributed by atoms with Gasteiger partial charge in [0.05, 0.1) is 6.10 Å². The Morgan fingerprint density at radius 2 is 2.21 bits per heavy atom. The van der Waals surface area contributed by atoms with E-state index in [9.17, 15) is 0 Å². The molecule has 0 aromatic heterocycles. The van der Waals surface area contributed by atoms with Gasteiger partial charge >= 0.3 is 0 Å². The van der Waals surface area contributed by atoms with Crippen LogP contribution in [0.5, 0.6) is 0 Å². The van der Waals surface area contributed by atoms with E-state index in [2.05, 4.69) is 20.8 Å². The Morgan fingerprint density at radius 1 is 1.29 bits per heavy atom. The Hall–Kier alpha value is 0.400. The molecule has 0 radical (unpaired) electrons. The monoisotopic (exact) mass is 261 g/mol. The molecular formula is C11H20BrNO. The summed E-state index contributed by atoms with van der Waals surface area (Å²) in [7, 11) is 0. The zero-order chi connectivity index (χ0) is 9.80. The number of hydrogen-bond donors (Lipinski definition) is 0. The summed E-state index contributed by atoms with van der Waals surface area (Å²) < 4.78 is 5.63. The maximum Gasteiger partial charge on any atom is 0.0588 e. The molecule has 0 aliphatic carbocycles. The number of piperidine rings is 1. The van der Waals surface area contributed by atoms with Crippen LogP contribution < -0.4 is 0 Å². The molecule has 2 aliphatic rings. The molecule has 0 aromatic carbocycles. The smallest absolute Gasteiger partial charge is 0.0588 e. The average molecular weight is 262 g/mol. The van der Waals surface area contributed by atoms with E-state index < -0.39 is 0 Å². The minimum Gasteiger partial charge on any atom is -0.378 e. The molecule has 0 aromatic rings. The fourth-order valence-electron chi connectivity index (χ4n) is 2.40. The number of likely N-dealkylation sites (tertiary alicyclic amines) is 1. The number of alkyl halides is 1. The molecule has 2 atom stereocenters. The molecule has 2 fully saturated rings. The number of halogens is 1. The Kier molecular flexibility index (Phi) is 4.26. The predicted octanol–water partition coefficient (Wildman–Crippen LogP) is 2.41. The molecule has 3 heteroatoms. The lowest BCUT2D eigenvalue weighted by Crippen LogP contribution is -2.37. The lowest BCUT2D eigenvalue weighted by molar-refractivity contribution is 0.0895. The van der Waals surface area contributed by atoms with Gasteiger partial charge in [0.2, 0.25) is 0 Å². The van der Waals surface area contributed by atoms with Gasteiger partial charge in [-0.1, -0.05) is 15.9 Å². The second-order valence-electron chi connectivity index (χ2n) is 4.46. The summed E-state index contributed by atoms with van der Waals surface area (Å²) in [6, 6.07) is 0. The summed E-state index contributed by atoms with van der Waals surface area (Å²) in [6.45, 7) is 4.74. The molecule has 82 valence electrons. The summed E-state index contributed by atoms with van der Waals surface area (Å²) in [5, 5.41) is 0. The summed E-state index contributed by atoms with van der Waals surface area (Å²) in [5.41, 5.74) is 0. The van der Waals surface area contributed by atoms with Gasteiger partial charge in [0.15, 0.2) is 0 Å². The van der Waals surface area contributed by atoms with Crippen molar-refractivity contribution in [1.29, 1.82) is 0 Å². The SMILES string of the molecule is BrC1CCCN(CCC2CCCO2)C1. The topological polar surface area (TPSA) is 12.5 Å². The van der Waals surface area contributed by atoms with Gasteiger partial charge in [-0.15, -0.1) is 0 Å². The van der Waals surface area contributed by atoms with E-state index in [4.69, 9.17) is 4.74 Å². The summed E-state index contributed by atoms with van der Waals surface area (Å²) in [5.74, 6) is 0. The minimum atomic E-state index is 0.561. The molecule has 2 nitrogen and oxygen atoms in total. The van der Waals surface area contributed by atoms with Crippen molar-refractivity contribution in [2.45, 2.75) is 43.0 Å². The maximum atomic E-state index is 5.63. The number of hydrogen-bond acceptors (Lipinski definition) is 2. The largest absolute Gasteiger partial charge is 0.378 e. The van der Waals surface area contributed by atoms with Crippen molar-refractivity contribution in [3.8, 4) is 0 Å². The van der Waals surface area contributed by atoms with Crippen molar-refractivity contribution in [1.82, 2.24) is 4.90 Å². The first-order valence-corrected chi connectivity index (χ1v) is 6.74. The van der Waals surface area contributed by atoms with E-state index in [1.54, 1.807) is 0 Å².